The van der Waals surface area contributed by atoms with Crippen LogP contribution in [0.5, 0.6) is 0 Å². The lowest BCUT2D eigenvalue weighted by Gasteiger charge is -2.24. The second-order valence-electron chi connectivity index (χ2n) is 5.20. The molecule has 0 saturated carbocycles. The largest absolute Gasteiger partial charge is 0.118 e. The smallest absolute Gasteiger partial charge is 0.0616 e. The van der Waals surface area contributed by atoms with Crippen LogP contribution < -0.4 is 0 Å². The van der Waals surface area contributed by atoms with E-state index in [4.69, 9.17) is 11.6 Å². The molecular weight excluding hydrogens is 308 g/mol. The number of aryl methyl sites for hydroxylation is 2. The number of rotatable bonds is 6. The molecule has 0 aromatic heterocycles. The fourth-order valence-corrected chi connectivity index (χ4v) is 3.48. The van der Waals surface area contributed by atoms with Crippen LogP contribution in [0.4, 0.5) is 0 Å². The van der Waals surface area contributed by atoms with Gasteiger partial charge in [-0.1, -0.05) is 48.7 Å². The Hall–Kier alpha value is -0.0100. The van der Waals surface area contributed by atoms with Gasteiger partial charge in [-0.25, -0.2) is 0 Å². The van der Waals surface area contributed by atoms with E-state index in [9.17, 15) is 0 Å². The van der Waals surface area contributed by atoms with Crippen LogP contribution in [0.1, 0.15) is 61.6 Å². The minimum absolute atomic E-state index is 0.150. The summed E-state index contributed by atoms with van der Waals surface area (Å²) in [5.41, 5.74) is 3.88. The summed E-state index contributed by atoms with van der Waals surface area (Å²) in [4.78, 5) is 0. The van der Waals surface area contributed by atoms with Gasteiger partial charge in [-0.2, -0.15) is 0 Å². The molecule has 0 saturated heterocycles. The van der Waals surface area contributed by atoms with Crippen molar-refractivity contribution in [2.45, 2.75) is 58.8 Å². The average molecular weight is 332 g/mol. The van der Waals surface area contributed by atoms with E-state index in [1.807, 2.05) is 0 Å². The van der Waals surface area contributed by atoms with E-state index in [-0.39, 0.29) is 5.38 Å². The standard InChI is InChI=1S/C16H24BrCl/c1-5-7-13(8-6-2)16(18)14-9-12(4)15(17)10-11(14)3/h9-10,13,16H,5-8H2,1-4H3. The summed E-state index contributed by atoms with van der Waals surface area (Å²) in [5, 5.41) is 0.150. The molecule has 1 rings (SSSR count). The molecule has 0 aliphatic rings. The number of alkyl halides is 1. The third-order valence-corrected chi connectivity index (χ3v) is 5.02. The van der Waals surface area contributed by atoms with E-state index < -0.39 is 0 Å². The summed E-state index contributed by atoms with van der Waals surface area (Å²) in [5.74, 6) is 0.598. The lowest BCUT2D eigenvalue weighted by atomic mass is 9.88. The van der Waals surface area contributed by atoms with Crippen LogP contribution in [0, 0.1) is 19.8 Å². The summed E-state index contributed by atoms with van der Waals surface area (Å²) in [6, 6.07) is 4.43. The molecule has 0 aliphatic heterocycles. The lowest BCUT2D eigenvalue weighted by Crippen LogP contribution is -2.09. The van der Waals surface area contributed by atoms with Crippen molar-refractivity contribution in [2.24, 2.45) is 5.92 Å². The molecule has 0 heterocycles. The van der Waals surface area contributed by atoms with Crippen LogP contribution in [-0.4, -0.2) is 0 Å². The Bertz CT molecular complexity index is 381. The monoisotopic (exact) mass is 330 g/mol. The van der Waals surface area contributed by atoms with Crippen molar-refractivity contribution in [3.8, 4) is 0 Å². The van der Waals surface area contributed by atoms with Gasteiger partial charge in [-0.05, 0) is 55.4 Å². The molecule has 0 nitrogen and oxygen atoms in total. The Labute approximate surface area is 125 Å². The minimum Gasteiger partial charge on any atom is -0.118 e. The highest BCUT2D eigenvalue weighted by atomic mass is 79.9. The zero-order chi connectivity index (χ0) is 13.7. The van der Waals surface area contributed by atoms with E-state index in [1.165, 1.54) is 46.8 Å². The van der Waals surface area contributed by atoms with Crippen molar-refractivity contribution in [1.82, 2.24) is 0 Å². The van der Waals surface area contributed by atoms with Crippen LogP contribution in [0.3, 0.4) is 0 Å². The zero-order valence-electron chi connectivity index (χ0n) is 11.9. The van der Waals surface area contributed by atoms with Gasteiger partial charge in [0.1, 0.15) is 0 Å². The highest BCUT2D eigenvalue weighted by Gasteiger charge is 2.21. The van der Waals surface area contributed by atoms with Crippen LogP contribution >= 0.6 is 27.5 Å². The normalized spacial score (nSPS) is 13.1. The van der Waals surface area contributed by atoms with Crippen molar-refractivity contribution in [2.75, 3.05) is 0 Å². The molecule has 1 aromatic rings. The zero-order valence-corrected chi connectivity index (χ0v) is 14.2. The maximum Gasteiger partial charge on any atom is 0.0616 e. The van der Waals surface area contributed by atoms with E-state index in [1.54, 1.807) is 0 Å². The fourth-order valence-electron chi connectivity index (χ4n) is 2.53. The molecule has 0 radical (unpaired) electrons. The maximum absolute atomic E-state index is 6.74. The van der Waals surface area contributed by atoms with Gasteiger partial charge in [0.15, 0.2) is 0 Å². The van der Waals surface area contributed by atoms with Crippen molar-refractivity contribution in [1.29, 1.82) is 0 Å². The van der Waals surface area contributed by atoms with Crippen molar-refractivity contribution in [3.05, 3.63) is 33.3 Å². The molecule has 102 valence electrons. The van der Waals surface area contributed by atoms with Crippen LogP contribution in [-0.2, 0) is 0 Å². The number of halogens is 2. The predicted molar refractivity (Wildman–Crippen MR) is 85.5 cm³/mol. The summed E-state index contributed by atoms with van der Waals surface area (Å²) < 4.78 is 1.18. The quantitative estimate of drug-likeness (QED) is 0.518. The van der Waals surface area contributed by atoms with Crippen molar-refractivity contribution >= 4 is 27.5 Å². The third kappa shape index (κ3) is 3.99. The summed E-state index contributed by atoms with van der Waals surface area (Å²) in [6.45, 7) is 8.77. The Morgan fingerprint density at radius 1 is 1.06 bits per heavy atom. The van der Waals surface area contributed by atoms with Crippen LogP contribution in [0.2, 0.25) is 0 Å². The van der Waals surface area contributed by atoms with Gasteiger partial charge >= 0.3 is 0 Å². The topological polar surface area (TPSA) is 0 Å². The van der Waals surface area contributed by atoms with Gasteiger partial charge in [-0.15, -0.1) is 11.6 Å². The summed E-state index contributed by atoms with van der Waals surface area (Å²) in [6.07, 6.45) is 4.86. The Kier molecular flexibility index (Phi) is 6.73. The van der Waals surface area contributed by atoms with E-state index in [0.29, 0.717) is 5.92 Å². The van der Waals surface area contributed by atoms with Gasteiger partial charge in [0, 0.05) is 4.47 Å². The van der Waals surface area contributed by atoms with Crippen molar-refractivity contribution < 1.29 is 0 Å². The van der Waals surface area contributed by atoms with Gasteiger partial charge in [0.25, 0.3) is 0 Å². The minimum atomic E-state index is 0.150. The first-order valence-corrected chi connectivity index (χ1v) is 8.14. The highest BCUT2D eigenvalue weighted by Crippen LogP contribution is 2.38. The van der Waals surface area contributed by atoms with Crippen LogP contribution in [0.15, 0.2) is 16.6 Å². The predicted octanol–water partition coefficient (Wildman–Crippen LogP) is 6.56. The fraction of sp³-hybridized carbons (Fsp3) is 0.625. The summed E-state index contributed by atoms with van der Waals surface area (Å²) >= 11 is 10.3. The average Bonchev–Trinajstić information content (AvgIpc) is 2.33. The lowest BCUT2D eigenvalue weighted by molar-refractivity contribution is 0.425. The molecule has 1 atom stereocenters. The molecule has 0 amide bonds. The van der Waals surface area contributed by atoms with Gasteiger partial charge in [0.2, 0.25) is 0 Å². The van der Waals surface area contributed by atoms with E-state index in [0.717, 1.165) is 0 Å². The molecule has 0 spiro atoms. The second-order valence-corrected chi connectivity index (χ2v) is 6.52. The Balaban J connectivity index is 3.00. The summed E-state index contributed by atoms with van der Waals surface area (Å²) in [7, 11) is 0. The molecule has 0 aliphatic carbocycles. The molecule has 0 bridgehead atoms. The molecule has 1 aromatic carbocycles. The SMILES string of the molecule is CCCC(CCC)C(Cl)c1cc(C)c(Br)cc1C. The van der Waals surface area contributed by atoms with Crippen LogP contribution in [0.25, 0.3) is 0 Å². The number of benzene rings is 1. The van der Waals surface area contributed by atoms with Gasteiger partial charge in [0.05, 0.1) is 5.38 Å². The molecule has 0 N–H and O–H groups in total. The molecule has 18 heavy (non-hydrogen) atoms. The van der Waals surface area contributed by atoms with E-state index >= 15 is 0 Å². The number of hydrogen-bond acceptors (Lipinski definition) is 0. The Morgan fingerprint density at radius 3 is 2.11 bits per heavy atom. The number of hydrogen-bond donors (Lipinski definition) is 0. The maximum atomic E-state index is 6.74. The second kappa shape index (κ2) is 7.55. The van der Waals surface area contributed by atoms with Crippen molar-refractivity contribution in [3.63, 3.8) is 0 Å². The first kappa shape index (κ1) is 16.0. The Morgan fingerprint density at radius 2 is 1.61 bits per heavy atom. The molecule has 2 heteroatoms. The first-order chi connectivity index (χ1) is 8.51. The van der Waals surface area contributed by atoms with Gasteiger partial charge < -0.3 is 0 Å². The first-order valence-electron chi connectivity index (χ1n) is 6.91. The molecular formula is C16H24BrCl. The molecule has 0 fully saturated rings. The van der Waals surface area contributed by atoms with Gasteiger partial charge in [-0.3, -0.25) is 0 Å². The third-order valence-electron chi connectivity index (χ3n) is 3.58. The highest BCUT2D eigenvalue weighted by molar-refractivity contribution is 9.10. The molecule has 1 unspecified atom stereocenters. The van der Waals surface area contributed by atoms with E-state index in [2.05, 4.69) is 55.8 Å².